The molecule has 0 saturated heterocycles. The summed E-state index contributed by atoms with van der Waals surface area (Å²) in [5.74, 6) is 1.23. The number of nitrogens with one attached hydrogen (secondary N) is 1. The average Bonchev–Trinajstić information content (AvgIpc) is 2.47. The summed E-state index contributed by atoms with van der Waals surface area (Å²) in [7, 11) is 3.16. The second-order valence-corrected chi connectivity index (χ2v) is 4.30. The van der Waals surface area contributed by atoms with Crippen LogP contribution in [-0.4, -0.2) is 24.2 Å². The summed E-state index contributed by atoms with van der Waals surface area (Å²) in [6, 6.07) is 3.53. The van der Waals surface area contributed by atoms with Crippen molar-refractivity contribution in [2.45, 2.75) is 13.5 Å². The number of anilines is 2. The summed E-state index contributed by atoms with van der Waals surface area (Å²) >= 11 is 0. The van der Waals surface area contributed by atoms with Gasteiger partial charge < -0.3 is 20.5 Å². The third kappa shape index (κ3) is 3.09. The lowest BCUT2D eigenvalue weighted by atomic mass is 10.2. The van der Waals surface area contributed by atoms with Crippen molar-refractivity contribution >= 4 is 11.4 Å². The zero-order valence-corrected chi connectivity index (χ0v) is 11.8. The Labute approximate surface area is 118 Å². The number of hydrogen-bond acceptors (Lipinski definition) is 6. The molecule has 0 saturated carbocycles. The van der Waals surface area contributed by atoms with Gasteiger partial charge in [0.05, 0.1) is 49.7 Å². The molecule has 2 aromatic rings. The summed E-state index contributed by atoms with van der Waals surface area (Å²) in [4.78, 5) is 8.47. The first-order valence-corrected chi connectivity index (χ1v) is 6.17. The molecule has 1 aromatic carbocycles. The van der Waals surface area contributed by atoms with E-state index in [2.05, 4.69) is 15.3 Å². The summed E-state index contributed by atoms with van der Waals surface area (Å²) in [5.41, 5.74) is 9.06. The molecular weight excluding hydrogens is 256 g/mol. The Kier molecular flexibility index (Phi) is 4.24. The van der Waals surface area contributed by atoms with Crippen LogP contribution in [0.5, 0.6) is 11.5 Å². The van der Waals surface area contributed by atoms with E-state index >= 15 is 0 Å². The molecule has 0 aliphatic carbocycles. The van der Waals surface area contributed by atoms with E-state index in [-0.39, 0.29) is 0 Å². The van der Waals surface area contributed by atoms with Gasteiger partial charge in [0.1, 0.15) is 0 Å². The van der Waals surface area contributed by atoms with E-state index in [0.29, 0.717) is 23.7 Å². The zero-order valence-electron chi connectivity index (χ0n) is 11.8. The van der Waals surface area contributed by atoms with Crippen molar-refractivity contribution in [3.63, 3.8) is 0 Å². The molecule has 0 fully saturated rings. The Morgan fingerprint density at radius 2 is 1.80 bits per heavy atom. The van der Waals surface area contributed by atoms with Crippen LogP contribution in [0.4, 0.5) is 11.4 Å². The van der Waals surface area contributed by atoms with Gasteiger partial charge in [-0.3, -0.25) is 9.97 Å². The van der Waals surface area contributed by atoms with Gasteiger partial charge in [-0.15, -0.1) is 0 Å². The summed E-state index contributed by atoms with van der Waals surface area (Å²) in [6.45, 7) is 2.43. The Bertz CT molecular complexity index is 584. The summed E-state index contributed by atoms with van der Waals surface area (Å²) in [6.07, 6.45) is 3.47. The van der Waals surface area contributed by atoms with Crippen LogP contribution in [0.2, 0.25) is 0 Å². The molecule has 0 unspecified atom stereocenters. The number of rotatable bonds is 5. The van der Waals surface area contributed by atoms with E-state index in [1.54, 1.807) is 38.7 Å². The maximum absolute atomic E-state index is 5.97. The number of nitrogen functional groups attached to an aromatic ring is 1. The van der Waals surface area contributed by atoms with Crippen molar-refractivity contribution in [2.24, 2.45) is 0 Å². The lowest BCUT2D eigenvalue weighted by molar-refractivity contribution is 0.355. The van der Waals surface area contributed by atoms with E-state index in [9.17, 15) is 0 Å². The summed E-state index contributed by atoms with van der Waals surface area (Å²) in [5, 5.41) is 3.21. The van der Waals surface area contributed by atoms with E-state index in [4.69, 9.17) is 15.2 Å². The molecule has 0 atom stereocenters. The minimum Gasteiger partial charge on any atom is -0.493 e. The van der Waals surface area contributed by atoms with Crippen LogP contribution in [-0.2, 0) is 6.54 Å². The fraction of sp³-hybridized carbons (Fsp3) is 0.286. The van der Waals surface area contributed by atoms with E-state index in [1.807, 2.05) is 6.92 Å². The highest BCUT2D eigenvalue weighted by atomic mass is 16.5. The molecule has 2 rings (SSSR count). The zero-order chi connectivity index (χ0) is 14.5. The predicted octanol–water partition coefficient (Wildman–Crippen LogP) is 2.00. The van der Waals surface area contributed by atoms with Crippen LogP contribution in [0.25, 0.3) is 0 Å². The first-order chi connectivity index (χ1) is 9.63. The van der Waals surface area contributed by atoms with Gasteiger partial charge >= 0.3 is 0 Å². The lowest BCUT2D eigenvalue weighted by Gasteiger charge is -2.13. The number of methoxy groups -OCH3 is 2. The Morgan fingerprint density at radius 1 is 1.10 bits per heavy atom. The minimum atomic E-state index is 0.535. The predicted molar refractivity (Wildman–Crippen MR) is 78.1 cm³/mol. The number of aryl methyl sites for hydroxylation is 1. The standard InChI is InChI=1S/C14H18N4O2/c1-9-6-17-10(7-16-9)8-18-12-5-14(20-3)13(19-2)4-11(12)15/h4-7,18H,8,15H2,1-3H3. The van der Waals surface area contributed by atoms with Crippen molar-refractivity contribution in [1.82, 2.24) is 9.97 Å². The molecule has 0 aliphatic heterocycles. The average molecular weight is 274 g/mol. The number of hydrogen-bond donors (Lipinski definition) is 2. The molecule has 1 heterocycles. The van der Waals surface area contributed by atoms with E-state index in [1.165, 1.54) is 0 Å². The largest absolute Gasteiger partial charge is 0.493 e. The molecule has 106 valence electrons. The fourth-order valence-corrected chi connectivity index (χ4v) is 1.74. The second kappa shape index (κ2) is 6.10. The number of nitrogens with zero attached hydrogens (tertiary/aromatic N) is 2. The Hall–Kier alpha value is -2.50. The Morgan fingerprint density at radius 3 is 2.40 bits per heavy atom. The maximum Gasteiger partial charge on any atom is 0.162 e. The van der Waals surface area contributed by atoms with E-state index in [0.717, 1.165) is 17.1 Å². The van der Waals surface area contributed by atoms with Crippen LogP contribution in [0.3, 0.4) is 0 Å². The lowest BCUT2D eigenvalue weighted by Crippen LogP contribution is -2.05. The normalized spacial score (nSPS) is 10.2. The molecule has 0 bridgehead atoms. The quantitative estimate of drug-likeness (QED) is 0.811. The monoisotopic (exact) mass is 274 g/mol. The molecule has 6 nitrogen and oxygen atoms in total. The van der Waals surface area contributed by atoms with Crippen LogP contribution in [0.1, 0.15) is 11.4 Å². The van der Waals surface area contributed by atoms with Crippen LogP contribution in [0, 0.1) is 6.92 Å². The van der Waals surface area contributed by atoms with Crippen molar-refractivity contribution in [3.8, 4) is 11.5 Å². The number of nitrogens with two attached hydrogens (primary N) is 1. The SMILES string of the molecule is COc1cc(N)c(NCc2cnc(C)cn2)cc1OC. The number of aromatic nitrogens is 2. The first-order valence-electron chi connectivity index (χ1n) is 6.17. The minimum absolute atomic E-state index is 0.535. The van der Waals surface area contributed by atoms with Gasteiger partial charge in [-0.2, -0.15) is 0 Å². The molecular formula is C14H18N4O2. The van der Waals surface area contributed by atoms with Crippen molar-refractivity contribution in [3.05, 3.63) is 35.9 Å². The third-order valence-corrected chi connectivity index (χ3v) is 2.85. The first kappa shape index (κ1) is 13.9. The van der Waals surface area contributed by atoms with Gasteiger partial charge in [-0.1, -0.05) is 0 Å². The highest BCUT2D eigenvalue weighted by molar-refractivity contribution is 5.72. The summed E-state index contributed by atoms with van der Waals surface area (Å²) < 4.78 is 10.4. The van der Waals surface area contributed by atoms with Crippen LogP contribution in [0.15, 0.2) is 24.5 Å². The highest BCUT2D eigenvalue weighted by Gasteiger charge is 2.09. The molecule has 1 aromatic heterocycles. The number of benzene rings is 1. The molecule has 3 N–H and O–H groups in total. The topological polar surface area (TPSA) is 82.3 Å². The number of ether oxygens (including phenoxy) is 2. The molecule has 0 aliphatic rings. The van der Waals surface area contributed by atoms with Gasteiger partial charge in [-0.05, 0) is 6.92 Å². The van der Waals surface area contributed by atoms with Gasteiger partial charge in [0.2, 0.25) is 0 Å². The van der Waals surface area contributed by atoms with Crippen LogP contribution < -0.4 is 20.5 Å². The van der Waals surface area contributed by atoms with Gasteiger partial charge in [0.15, 0.2) is 11.5 Å². The van der Waals surface area contributed by atoms with Gasteiger partial charge in [-0.25, -0.2) is 0 Å². The van der Waals surface area contributed by atoms with Gasteiger partial charge in [0, 0.05) is 18.3 Å². The maximum atomic E-state index is 5.97. The molecule has 0 amide bonds. The van der Waals surface area contributed by atoms with Crippen LogP contribution >= 0.6 is 0 Å². The smallest absolute Gasteiger partial charge is 0.162 e. The molecule has 0 radical (unpaired) electrons. The van der Waals surface area contributed by atoms with Crippen molar-refractivity contribution < 1.29 is 9.47 Å². The molecule has 6 heteroatoms. The molecule has 0 spiro atoms. The van der Waals surface area contributed by atoms with Crippen molar-refractivity contribution in [1.29, 1.82) is 0 Å². The van der Waals surface area contributed by atoms with Gasteiger partial charge in [0.25, 0.3) is 0 Å². The fourth-order valence-electron chi connectivity index (χ4n) is 1.74. The third-order valence-electron chi connectivity index (χ3n) is 2.85. The van der Waals surface area contributed by atoms with Crippen molar-refractivity contribution in [2.75, 3.05) is 25.3 Å². The highest BCUT2D eigenvalue weighted by Crippen LogP contribution is 2.34. The molecule has 20 heavy (non-hydrogen) atoms. The van der Waals surface area contributed by atoms with E-state index < -0.39 is 0 Å². The Balaban J connectivity index is 2.14. The second-order valence-electron chi connectivity index (χ2n) is 4.30.